The number of phenols is 1. The monoisotopic (exact) mass is 163 g/mol. The average molecular weight is 163 g/mol. The van der Waals surface area contributed by atoms with Crippen molar-refractivity contribution in [1.82, 2.24) is 0 Å². The highest BCUT2D eigenvalue weighted by Crippen LogP contribution is 2.28. The molecule has 0 saturated heterocycles. The highest BCUT2D eigenvalue weighted by molar-refractivity contribution is 5.43. The molecule has 0 unspecified atom stereocenters. The second-order valence-electron chi connectivity index (χ2n) is 2.70. The van der Waals surface area contributed by atoms with Gasteiger partial charge in [-0.1, -0.05) is 6.07 Å². The van der Waals surface area contributed by atoms with Crippen LogP contribution in [0.5, 0.6) is 11.5 Å². The molecule has 12 heavy (non-hydrogen) atoms. The van der Waals surface area contributed by atoms with Crippen molar-refractivity contribution in [2.45, 2.75) is 6.42 Å². The van der Waals surface area contributed by atoms with Gasteiger partial charge in [-0.25, -0.2) is 0 Å². The van der Waals surface area contributed by atoms with Gasteiger partial charge in [0.05, 0.1) is 0 Å². The third kappa shape index (κ3) is 1.09. The van der Waals surface area contributed by atoms with Crippen molar-refractivity contribution in [3.63, 3.8) is 0 Å². The van der Waals surface area contributed by atoms with Crippen molar-refractivity contribution >= 4 is 0 Å². The number of rotatable bonds is 0. The van der Waals surface area contributed by atoms with E-state index in [2.05, 4.69) is 0 Å². The minimum absolute atomic E-state index is 0.198. The van der Waals surface area contributed by atoms with Crippen molar-refractivity contribution in [3.05, 3.63) is 35.7 Å². The number of phenolic OH excluding ortho intramolecular Hbond substituents is 1. The molecule has 1 aliphatic rings. The fraction of sp³-hybridized carbons (Fsp3) is 0.111. The minimum atomic E-state index is 0.198. The molecule has 3 N–H and O–H groups in total. The molecule has 0 atom stereocenters. The first-order valence-electron chi connectivity index (χ1n) is 3.71. The molecule has 0 amide bonds. The van der Waals surface area contributed by atoms with Crippen molar-refractivity contribution in [3.8, 4) is 11.5 Å². The Morgan fingerprint density at radius 3 is 3.08 bits per heavy atom. The summed E-state index contributed by atoms with van der Waals surface area (Å²) in [5.74, 6) is 1.24. The van der Waals surface area contributed by atoms with Gasteiger partial charge in [0.1, 0.15) is 11.5 Å². The summed E-state index contributed by atoms with van der Waals surface area (Å²) >= 11 is 0. The maximum atomic E-state index is 9.13. The molecule has 3 nitrogen and oxygen atoms in total. The largest absolute Gasteiger partial charge is 0.508 e. The molecule has 0 spiro atoms. The lowest BCUT2D eigenvalue weighted by atomic mass is 10.1. The van der Waals surface area contributed by atoms with Crippen LogP contribution in [0.2, 0.25) is 0 Å². The third-order valence-corrected chi connectivity index (χ3v) is 1.80. The van der Waals surface area contributed by atoms with E-state index in [0.717, 1.165) is 12.0 Å². The molecule has 0 saturated carbocycles. The van der Waals surface area contributed by atoms with Crippen molar-refractivity contribution in [2.75, 3.05) is 0 Å². The number of benzene rings is 1. The van der Waals surface area contributed by atoms with Gasteiger partial charge in [0.15, 0.2) is 5.88 Å². The first-order chi connectivity index (χ1) is 5.75. The fourth-order valence-corrected chi connectivity index (χ4v) is 1.19. The Kier molecular flexibility index (Phi) is 1.43. The predicted octanol–water partition coefficient (Wildman–Crippen LogP) is 1.13. The second kappa shape index (κ2) is 2.44. The van der Waals surface area contributed by atoms with E-state index in [1.165, 1.54) is 0 Å². The lowest BCUT2D eigenvalue weighted by Crippen LogP contribution is -2.11. The Hall–Kier alpha value is -1.64. The number of fused-ring (bicyclic) bond motifs is 1. The van der Waals surface area contributed by atoms with Crippen LogP contribution in [0.4, 0.5) is 0 Å². The number of allylic oxidation sites excluding steroid dienone is 1. The normalized spacial score (nSPS) is 14.5. The molecule has 2 rings (SSSR count). The molecule has 3 heteroatoms. The van der Waals surface area contributed by atoms with E-state index >= 15 is 0 Å². The molecule has 1 aromatic carbocycles. The maximum absolute atomic E-state index is 9.13. The Labute approximate surface area is 70.1 Å². The van der Waals surface area contributed by atoms with E-state index in [1.807, 2.05) is 6.07 Å². The zero-order valence-electron chi connectivity index (χ0n) is 6.45. The van der Waals surface area contributed by atoms with Gasteiger partial charge >= 0.3 is 0 Å². The molecule has 0 bridgehead atoms. The van der Waals surface area contributed by atoms with E-state index in [0.29, 0.717) is 11.6 Å². The highest BCUT2D eigenvalue weighted by atomic mass is 16.5. The summed E-state index contributed by atoms with van der Waals surface area (Å²) < 4.78 is 5.19. The van der Waals surface area contributed by atoms with Gasteiger partial charge < -0.3 is 15.6 Å². The van der Waals surface area contributed by atoms with Crippen molar-refractivity contribution < 1.29 is 9.84 Å². The highest BCUT2D eigenvalue weighted by Gasteiger charge is 2.10. The minimum Gasteiger partial charge on any atom is -0.508 e. The van der Waals surface area contributed by atoms with E-state index in [4.69, 9.17) is 15.6 Å². The van der Waals surface area contributed by atoms with E-state index < -0.39 is 0 Å². The van der Waals surface area contributed by atoms with E-state index in [1.54, 1.807) is 18.2 Å². The molecule has 0 aliphatic carbocycles. The quantitative estimate of drug-likeness (QED) is 0.602. The number of hydrogen-bond donors (Lipinski definition) is 2. The smallest absolute Gasteiger partial charge is 0.187 e. The van der Waals surface area contributed by atoms with Crippen LogP contribution in [0.1, 0.15) is 5.56 Å². The SMILES string of the molecule is NC1=CCc2ccc(O)cc2O1. The topological polar surface area (TPSA) is 55.5 Å². The Bertz CT molecular complexity index is 344. The number of nitrogens with two attached hydrogens (primary N) is 1. The van der Waals surface area contributed by atoms with Gasteiger partial charge in [0.25, 0.3) is 0 Å². The lowest BCUT2D eigenvalue weighted by molar-refractivity contribution is 0.398. The van der Waals surface area contributed by atoms with E-state index in [-0.39, 0.29) is 5.75 Å². The number of aromatic hydroxyl groups is 1. The van der Waals surface area contributed by atoms with Crippen molar-refractivity contribution in [1.29, 1.82) is 0 Å². The summed E-state index contributed by atoms with van der Waals surface area (Å²) in [7, 11) is 0. The molecular weight excluding hydrogens is 154 g/mol. The average Bonchev–Trinajstić information content (AvgIpc) is 2.03. The molecular formula is C9H9NO2. The summed E-state index contributed by atoms with van der Waals surface area (Å²) in [6.45, 7) is 0. The van der Waals surface area contributed by atoms with Crippen LogP contribution in [0.15, 0.2) is 30.2 Å². The summed E-state index contributed by atoms with van der Waals surface area (Å²) in [6, 6.07) is 5.03. The van der Waals surface area contributed by atoms with E-state index in [9.17, 15) is 0 Å². The third-order valence-electron chi connectivity index (χ3n) is 1.80. The molecule has 0 radical (unpaired) electrons. The molecule has 1 aromatic rings. The Morgan fingerprint density at radius 1 is 1.42 bits per heavy atom. The van der Waals surface area contributed by atoms with Gasteiger partial charge in [-0.05, 0) is 24.1 Å². The van der Waals surface area contributed by atoms with Crippen LogP contribution in [0.25, 0.3) is 0 Å². The molecule has 1 heterocycles. The van der Waals surface area contributed by atoms with Gasteiger partial charge in [0.2, 0.25) is 0 Å². The van der Waals surface area contributed by atoms with Gasteiger partial charge in [0, 0.05) is 6.07 Å². The van der Waals surface area contributed by atoms with Crippen LogP contribution in [-0.4, -0.2) is 5.11 Å². The second-order valence-corrected chi connectivity index (χ2v) is 2.70. The maximum Gasteiger partial charge on any atom is 0.187 e. The predicted molar refractivity (Wildman–Crippen MR) is 44.7 cm³/mol. The Morgan fingerprint density at radius 2 is 2.25 bits per heavy atom. The summed E-state index contributed by atoms with van der Waals surface area (Å²) in [5, 5.41) is 9.13. The molecule has 62 valence electrons. The zero-order chi connectivity index (χ0) is 8.55. The first kappa shape index (κ1) is 7.03. The van der Waals surface area contributed by atoms with Crippen LogP contribution < -0.4 is 10.5 Å². The molecule has 0 aromatic heterocycles. The Balaban J connectivity index is 2.43. The standard InChI is InChI=1S/C9H9NO2/c10-9-4-2-6-1-3-7(11)5-8(6)12-9/h1,3-5,11H,2,10H2. The van der Waals surface area contributed by atoms with Crippen LogP contribution in [0.3, 0.4) is 0 Å². The molecule has 1 aliphatic heterocycles. The van der Waals surface area contributed by atoms with Gasteiger partial charge in [-0.15, -0.1) is 0 Å². The van der Waals surface area contributed by atoms with Gasteiger partial charge in [-0.3, -0.25) is 0 Å². The summed E-state index contributed by atoms with van der Waals surface area (Å²) in [6.07, 6.45) is 2.57. The fourth-order valence-electron chi connectivity index (χ4n) is 1.19. The van der Waals surface area contributed by atoms with Crippen LogP contribution >= 0.6 is 0 Å². The molecule has 0 fully saturated rings. The van der Waals surface area contributed by atoms with Crippen LogP contribution in [0, 0.1) is 0 Å². The van der Waals surface area contributed by atoms with Crippen molar-refractivity contribution in [2.24, 2.45) is 5.73 Å². The van der Waals surface area contributed by atoms with Crippen LogP contribution in [-0.2, 0) is 6.42 Å². The zero-order valence-corrected chi connectivity index (χ0v) is 6.45. The summed E-state index contributed by atoms with van der Waals surface area (Å²) in [5.41, 5.74) is 6.50. The van der Waals surface area contributed by atoms with Gasteiger partial charge in [-0.2, -0.15) is 0 Å². The summed E-state index contributed by atoms with van der Waals surface area (Å²) in [4.78, 5) is 0. The number of hydrogen-bond acceptors (Lipinski definition) is 3. The first-order valence-corrected chi connectivity index (χ1v) is 3.71. The lowest BCUT2D eigenvalue weighted by Gasteiger charge is -2.14. The number of ether oxygens (including phenoxy) is 1.